The van der Waals surface area contributed by atoms with Gasteiger partial charge in [0.15, 0.2) is 0 Å². The van der Waals surface area contributed by atoms with Crippen molar-refractivity contribution in [1.29, 1.82) is 0 Å². The number of nitrogens with one attached hydrogen (secondary N) is 2. The molecule has 2 aliphatic rings. The Balaban J connectivity index is 1.51. The zero-order valence-electron chi connectivity index (χ0n) is 17.2. The number of hydrogen-bond acceptors (Lipinski definition) is 7. The van der Waals surface area contributed by atoms with E-state index in [1.165, 1.54) is 12.1 Å². The van der Waals surface area contributed by atoms with Crippen LogP contribution in [0.1, 0.15) is 57.4 Å². The summed E-state index contributed by atoms with van der Waals surface area (Å²) in [5, 5.41) is 13.2. The van der Waals surface area contributed by atoms with E-state index in [1.807, 2.05) is 0 Å². The number of aromatic nitrogens is 2. The molecular formula is C21H28N4O4S. The number of ether oxygens (including phenoxy) is 1. The van der Waals surface area contributed by atoms with Crippen LogP contribution in [0.2, 0.25) is 0 Å². The normalized spacial score (nSPS) is 21.7. The number of nitrogens with zero attached hydrogens (tertiary/aromatic N) is 2. The average Bonchev–Trinajstić information content (AvgIpc) is 3.45. The average molecular weight is 433 g/mol. The van der Waals surface area contributed by atoms with Crippen LogP contribution in [0.15, 0.2) is 35.4 Å². The van der Waals surface area contributed by atoms with Crippen molar-refractivity contribution in [1.82, 2.24) is 14.7 Å². The van der Waals surface area contributed by atoms with Crippen molar-refractivity contribution in [3.05, 3.63) is 36.0 Å². The molecule has 8 nitrogen and oxygen atoms in total. The molecule has 3 N–H and O–H groups in total. The minimum atomic E-state index is -3.54. The topological polar surface area (TPSA) is 113 Å². The first-order valence-electron chi connectivity index (χ1n) is 10.4. The standard InChI is InChI=1S/C21H28N4O4S/c1-13(2)25-30(27,28)16-10-8-15(9-11-16)23-21-22-12-17(14-6-7-14)20(24-21)29-19-5-3-4-18(19)26/h8-14,18-19,25-26H,3-7H2,1-2H3,(H,22,23,24)/t18-,19+/m0/s1. The van der Waals surface area contributed by atoms with Gasteiger partial charge in [-0.05, 0) is 76.1 Å². The van der Waals surface area contributed by atoms with Crippen LogP contribution in [0.5, 0.6) is 5.88 Å². The lowest BCUT2D eigenvalue weighted by Gasteiger charge is -2.19. The van der Waals surface area contributed by atoms with Gasteiger partial charge in [0.25, 0.3) is 0 Å². The molecule has 0 bridgehead atoms. The van der Waals surface area contributed by atoms with Gasteiger partial charge in [-0.1, -0.05) is 0 Å². The van der Waals surface area contributed by atoms with E-state index < -0.39 is 16.1 Å². The Morgan fingerprint density at radius 3 is 2.47 bits per heavy atom. The fourth-order valence-corrected chi connectivity index (χ4v) is 4.87. The lowest BCUT2D eigenvalue weighted by atomic mass is 10.2. The molecule has 1 aromatic heterocycles. The second kappa shape index (κ2) is 8.49. The van der Waals surface area contributed by atoms with E-state index in [0.29, 0.717) is 23.4 Å². The van der Waals surface area contributed by atoms with E-state index in [1.54, 1.807) is 32.2 Å². The lowest BCUT2D eigenvalue weighted by Crippen LogP contribution is -2.30. The molecule has 2 saturated carbocycles. The maximum atomic E-state index is 12.3. The number of aliphatic hydroxyl groups is 1. The Labute approximate surface area is 177 Å². The van der Waals surface area contributed by atoms with Crippen LogP contribution >= 0.6 is 0 Å². The van der Waals surface area contributed by atoms with Crippen LogP contribution < -0.4 is 14.8 Å². The van der Waals surface area contributed by atoms with Crippen LogP contribution in [0.3, 0.4) is 0 Å². The molecule has 1 aromatic carbocycles. The molecule has 4 rings (SSSR count). The van der Waals surface area contributed by atoms with E-state index >= 15 is 0 Å². The summed E-state index contributed by atoms with van der Waals surface area (Å²) in [4.78, 5) is 9.16. The molecule has 30 heavy (non-hydrogen) atoms. The highest BCUT2D eigenvalue weighted by molar-refractivity contribution is 7.89. The van der Waals surface area contributed by atoms with Crippen LogP contribution in [0.4, 0.5) is 11.6 Å². The molecule has 0 aliphatic heterocycles. The predicted molar refractivity (Wildman–Crippen MR) is 113 cm³/mol. The van der Waals surface area contributed by atoms with Crippen molar-refractivity contribution >= 4 is 21.7 Å². The summed E-state index contributed by atoms with van der Waals surface area (Å²) in [5.74, 6) is 1.32. The fraction of sp³-hybridized carbons (Fsp3) is 0.524. The Morgan fingerprint density at radius 2 is 1.87 bits per heavy atom. The molecular weight excluding hydrogens is 404 g/mol. The lowest BCUT2D eigenvalue weighted by molar-refractivity contribution is 0.0567. The van der Waals surface area contributed by atoms with Gasteiger partial charge < -0.3 is 15.2 Å². The van der Waals surface area contributed by atoms with E-state index in [4.69, 9.17) is 4.74 Å². The third-order valence-corrected chi connectivity index (χ3v) is 6.96. The first kappa shape index (κ1) is 21.0. The van der Waals surface area contributed by atoms with Crippen molar-refractivity contribution in [3.8, 4) is 5.88 Å². The Bertz CT molecular complexity index is 991. The molecule has 2 aromatic rings. The van der Waals surface area contributed by atoms with Gasteiger partial charge in [0.05, 0.1) is 11.0 Å². The van der Waals surface area contributed by atoms with Gasteiger partial charge in [-0.15, -0.1) is 0 Å². The number of aliphatic hydroxyl groups excluding tert-OH is 1. The molecule has 0 saturated heterocycles. The number of sulfonamides is 1. The Kier molecular flexibility index (Phi) is 5.95. The minimum Gasteiger partial charge on any atom is -0.471 e. The van der Waals surface area contributed by atoms with Crippen molar-refractivity contribution < 1.29 is 18.3 Å². The first-order valence-corrected chi connectivity index (χ1v) is 11.9. The Hall–Kier alpha value is -2.23. The van der Waals surface area contributed by atoms with Crippen molar-refractivity contribution in [3.63, 3.8) is 0 Å². The van der Waals surface area contributed by atoms with Crippen molar-refractivity contribution in [2.45, 2.75) is 75.0 Å². The summed E-state index contributed by atoms with van der Waals surface area (Å²) in [6.45, 7) is 3.56. The molecule has 2 aliphatic carbocycles. The minimum absolute atomic E-state index is 0.178. The van der Waals surface area contributed by atoms with Crippen LogP contribution in [-0.4, -0.2) is 41.7 Å². The largest absolute Gasteiger partial charge is 0.471 e. The van der Waals surface area contributed by atoms with Crippen molar-refractivity contribution in [2.24, 2.45) is 0 Å². The highest BCUT2D eigenvalue weighted by atomic mass is 32.2. The van der Waals surface area contributed by atoms with Crippen molar-refractivity contribution in [2.75, 3.05) is 5.32 Å². The molecule has 2 fully saturated rings. The molecule has 9 heteroatoms. The van der Waals surface area contributed by atoms with Gasteiger partial charge in [0, 0.05) is 23.5 Å². The molecule has 0 unspecified atom stereocenters. The summed E-state index contributed by atoms with van der Waals surface area (Å²) in [7, 11) is -3.54. The third-order valence-electron chi connectivity index (χ3n) is 5.29. The quantitative estimate of drug-likeness (QED) is 0.587. The zero-order valence-corrected chi connectivity index (χ0v) is 18.0. The van der Waals surface area contributed by atoms with Gasteiger partial charge in [0.2, 0.25) is 21.9 Å². The zero-order chi connectivity index (χ0) is 21.3. The van der Waals surface area contributed by atoms with Crippen LogP contribution in [0, 0.1) is 0 Å². The monoisotopic (exact) mass is 432 g/mol. The van der Waals surface area contributed by atoms with E-state index in [-0.39, 0.29) is 17.0 Å². The predicted octanol–water partition coefficient (Wildman–Crippen LogP) is 3.08. The van der Waals surface area contributed by atoms with E-state index in [9.17, 15) is 13.5 Å². The number of hydrogen-bond donors (Lipinski definition) is 3. The number of anilines is 2. The molecule has 2 atom stereocenters. The second-order valence-corrected chi connectivity index (χ2v) is 10.0. The number of rotatable bonds is 8. The first-order chi connectivity index (χ1) is 14.3. The second-order valence-electron chi connectivity index (χ2n) is 8.31. The fourth-order valence-electron chi connectivity index (χ4n) is 3.62. The smallest absolute Gasteiger partial charge is 0.240 e. The number of benzene rings is 1. The van der Waals surface area contributed by atoms with Crippen LogP contribution in [0.25, 0.3) is 0 Å². The molecule has 0 amide bonds. The highest BCUT2D eigenvalue weighted by Crippen LogP contribution is 2.44. The summed E-state index contributed by atoms with van der Waals surface area (Å²) < 4.78 is 33.2. The van der Waals surface area contributed by atoms with Crippen LogP contribution in [-0.2, 0) is 10.0 Å². The summed E-state index contributed by atoms with van der Waals surface area (Å²) in [5.41, 5.74) is 1.66. The Morgan fingerprint density at radius 1 is 1.13 bits per heavy atom. The molecule has 162 valence electrons. The van der Waals surface area contributed by atoms with E-state index in [2.05, 4.69) is 20.0 Å². The third kappa shape index (κ3) is 4.91. The molecule has 1 heterocycles. The van der Waals surface area contributed by atoms with Gasteiger partial charge in [-0.3, -0.25) is 0 Å². The SMILES string of the molecule is CC(C)NS(=O)(=O)c1ccc(Nc2ncc(C3CC3)c(O[C@@H]3CCC[C@@H]3O)n2)cc1. The molecule has 0 radical (unpaired) electrons. The van der Waals surface area contributed by atoms with E-state index in [0.717, 1.165) is 37.7 Å². The summed E-state index contributed by atoms with van der Waals surface area (Å²) in [6, 6.07) is 6.25. The maximum Gasteiger partial charge on any atom is 0.240 e. The van der Waals surface area contributed by atoms with Gasteiger partial charge in [-0.2, -0.15) is 4.98 Å². The highest BCUT2D eigenvalue weighted by Gasteiger charge is 2.32. The summed E-state index contributed by atoms with van der Waals surface area (Å²) >= 11 is 0. The maximum absolute atomic E-state index is 12.3. The molecule has 0 spiro atoms. The van der Waals surface area contributed by atoms with Gasteiger partial charge >= 0.3 is 0 Å². The summed E-state index contributed by atoms with van der Waals surface area (Å²) in [6.07, 6.45) is 5.80. The van der Waals surface area contributed by atoms with Gasteiger partial charge in [0.1, 0.15) is 6.10 Å². The van der Waals surface area contributed by atoms with Gasteiger partial charge in [-0.25, -0.2) is 18.1 Å².